The van der Waals surface area contributed by atoms with Gasteiger partial charge in [0.15, 0.2) is 0 Å². The van der Waals surface area contributed by atoms with E-state index in [-0.39, 0.29) is 0 Å². The number of hydrogen-bond donors (Lipinski definition) is 0. The van der Waals surface area contributed by atoms with Crippen molar-refractivity contribution < 1.29 is 0 Å². The first-order valence-electron chi connectivity index (χ1n) is 4.73. The molecular formula is C12H16N2. The Morgan fingerprint density at radius 2 is 2.00 bits per heavy atom. The Bertz CT molecular complexity index is 275. The van der Waals surface area contributed by atoms with Crippen LogP contribution in [0.5, 0.6) is 0 Å². The van der Waals surface area contributed by atoms with Crippen LogP contribution < -0.4 is 0 Å². The van der Waals surface area contributed by atoms with E-state index in [9.17, 15) is 0 Å². The maximum Gasteiger partial charge on any atom is 0.108 e. The van der Waals surface area contributed by atoms with E-state index >= 15 is 0 Å². The average Bonchev–Trinajstić information content (AvgIpc) is 2.45. The molecule has 0 atom stereocenters. The Morgan fingerprint density at radius 3 is 2.64 bits per heavy atom. The molecule has 0 amide bonds. The van der Waals surface area contributed by atoms with Crippen molar-refractivity contribution in [2.45, 2.75) is 6.42 Å². The second kappa shape index (κ2) is 5.97. The third-order valence-corrected chi connectivity index (χ3v) is 1.92. The molecule has 1 rings (SSSR count). The van der Waals surface area contributed by atoms with Crippen LogP contribution in [0.3, 0.4) is 0 Å². The van der Waals surface area contributed by atoms with Gasteiger partial charge in [0.2, 0.25) is 0 Å². The Labute approximate surface area is 85.6 Å². The summed E-state index contributed by atoms with van der Waals surface area (Å²) in [4.78, 5) is 6.52. The maximum atomic E-state index is 4.36. The van der Waals surface area contributed by atoms with E-state index in [4.69, 9.17) is 0 Å². The summed E-state index contributed by atoms with van der Waals surface area (Å²) in [6, 6.07) is 0. The SMILES string of the molecule is C=CCN(CC=C)C1=NC=CC=CC1. The normalized spacial score (nSPS) is 14.4. The van der Waals surface area contributed by atoms with E-state index in [0.29, 0.717) is 0 Å². The Morgan fingerprint density at radius 1 is 1.29 bits per heavy atom. The first-order valence-corrected chi connectivity index (χ1v) is 4.73. The quantitative estimate of drug-likeness (QED) is 0.619. The van der Waals surface area contributed by atoms with Gasteiger partial charge in [-0.3, -0.25) is 0 Å². The van der Waals surface area contributed by atoms with Gasteiger partial charge in [0.25, 0.3) is 0 Å². The molecule has 1 heterocycles. The highest BCUT2D eigenvalue weighted by Crippen LogP contribution is 2.03. The lowest BCUT2D eigenvalue weighted by Crippen LogP contribution is -2.30. The Balaban J connectivity index is 2.70. The molecule has 0 aromatic heterocycles. The molecule has 0 N–H and O–H groups in total. The lowest BCUT2D eigenvalue weighted by Gasteiger charge is -2.22. The van der Waals surface area contributed by atoms with Crippen LogP contribution in [0.25, 0.3) is 0 Å². The monoisotopic (exact) mass is 188 g/mol. The predicted octanol–water partition coefficient (Wildman–Crippen LogP) is 2.53. The number of amidine groups is 1. The zero-order valence-corrected chi connectivity index (χ0v) is 8.39. The van der Waals surface area contributed by atoms with Gasteiger partial charge in [-0.15, -0.1) is 13.2 Å². The highest BCUT2D eigenvalue weighted by atomic mass is 15.2. The van der Waals surface area contributed by atoms with E-state index in [1.165, 1.54) is 0 Å². The number of hydrogen-bond acceptors (Lipinski definition) is 2. The second-order valence-corrected chi connectivity index (χ2v) is 3.00. The van der Waals surface area contributed by atoms with Crippen LogP contribution in [-0.2, 0) is 0 Å². The molecule has 2 nitrogen and oxygen atoms in total. The highest BCUT2D eigenvalue weighted by Gasteiger charge is 2.06. The molecular weight excluding hydrogens is 172 g/mol. The summed E-state index contributed by atoms with van der Waals surface area (Å²) in [5.74, 6) is 1.06. The van der Waals surface area contributed by atoms with Crippen molar-refractivity contribution in [3.8, 4) is 0 Å². The summed E-state index contributed by atoms with van der Waals surface area (Å²) in [5, 5.41) is 0. The van der Waals surface area contributed by atoms with Crippen LogP contribution in [0.15, 0.2) is 54.7 Å². The van der Waals surface area contributed by atoms with E-state index < -0.39 is 0 Å². The van der Waals surface area contributed by atoms with Crippen molar-refractivity contribution in [1.82, 2.24) is 4.90 Å². The molecule has 0 unspecified atom stereocenters. The van der Waals surface area contributed by atoms with Gasteiger partial charge in [-0.2, -0.15) is 0 Å². The average molecular weight is 188 g/mol. The summed E-state index contributed by atoms with van der Waals surface area (Å²) in [6.45, 7) is 9.09. The number of rotatable bonds is 4. The molecule has 0 spiro atoms. The Hall–Kier alpha value is -1.57. The van der Waals surface area contributed by atoms with Crippen molar-refractivity contribution in [2.24, 2.45) is 4.99 Å². The van der Waals surface area contributed by atoms with Crippen LogP contribution in [0, 0.1) is 0 Å². The largest absolute Gasteiger partial charge is 0.352 e. The van der Waals surface area contributed by atoms with E-state index in [1.807, 2.05) is 30.5 Å². The minimum atomic E-state index is 0.812. The van der Waals surface area contributed by atoms with Crippen molar-refractivity contribution in [3.05, 3.63) is 49.7 Å². The standard InChI is InChI=1S/C12H16N2/c1-3-10-14(11-4-2)12-8-6-5-7-9-13-12/h3-7,9H,1-2,8,10-11H2. The molecule has 0 aromatic carbocycles. The van der Waals surface area contributed by atoms with Gasteiger partial charge in [-0.1, -0.05) is 24.3 Å². The summed E-state index contributed by atoms with van der Waals surface area (Å²) >= 11 is 0. The summed E-state index contributed by atoms with van der Waals surface area (Å²) in [6.07, 6.45) is 12.5. The lowest BCUT2D eigenvalue weighted by atomic mass is 10.3. The molecule has 0 fully saturated rings. The van der Waals surface area contributed by atoms with Gasteiger partial charge in [-0.25, -0.2) is 4.99 Å². The van der Waals surface area contributed by atoms with Crippen LogP contribution in [0.2, 0.25) is 0 Å². The summed E-state index contributed by atoms with van der Waals surface area (Å²) in [5.41, 5.74) is 0. The zero-order valence-electron chi connectivity index (χ0n) is 8.39. The van der Waals surface area contributed by atoms with Crippen LogP contribution >= 0.6 is 0 Å². The Kier molecular flexibility index (Phi) is 4.48. The third-order valence-electron chi connectivity index (χ3n) is 1.92. The number of allylic oxidation sites excluding steroid dienone is 2. The third kappa shape index (κ3) is 3.05. The van der Waals surface area contributed by atoms with Crippen molar-refractivity contribution in [2.75, 3.05) is 13.1 Å². The molecule has 2 heteroatoms. The van der Waals surface area contributed by atoms with E-state index in [1.54, 1.807) is 0 Å². The molecule has 0 radical (unpaired) electrons. The predicted molar refractivity (Wildman–Crippen MR) is 62.3 cm³/mol. The fraction of sp³-hybridized carbons (Fsp3) is 0.250. The number of aliphatic imine (C=N–C) groups is 1. The zero-order chi connectivity index (χ0) is 10.2. The molecule has 0 aliphatic carbocycles. The lowest BCUT2D eigenvalue weighted by molar-refractivity contribution is 0.506. The second-order valence-electron chi connectivity index (χ2n) is 3.00. The van der Waals surface area contributed by atoms with E-state index in [2.05, 4.69) is 29.1 Å². The van der Waals surface area contributed by atoms with Gasteiger partial charge in [0.1, 0.15) is 5.84 Å². The fourth-order valence-electron chi connectivity index (χ4n) is 1.29. The van der Waals surface area contributed by atoms with Gasteiger partial charge >= 0.3 is 0 Å². The highest BCUT2D eigenvalue weighted by molar-refractivity contribution is 5.84. The van der Waals surface area contributed by atoms with Crippen molar-refractivity contribution >= 4 is 5.84 Å². The van der Waals surface area contributed by atoms with Gasteiger partial charge < -0.3 is 4.90 Å². The molecule has 1 aliphatic heterocycles. The van der Waals surface area contributed by atoms with Crippen LogP contribution in [-0.4, -0.2) is 23.8 Å². The molecule has 0 saturated heterocycles. The van der Waals surface area contributed by atoms with Gasteiger partial charge in [0.05, 0.1) is 0 Å². The topological polar surface area (TPSA) is 15.6 Å². The smallest absolute Gasteiger partial charge is 0.108 e. The summed E-state index contributed by atoms with van der Waals surface area (Å²) in [7, 11) is 0. The minimum Gasteiger partial charge on any atom is -0.352 e. The number of nitrogens with zero attached hydrogens (tertiary/aromatic N) is 2. The van der Waals surface area contributed by atoms with E-state index in [0.717, 1.165) is 25.3 Å². The van der Waals surface area contributed by atoms with Gasteiger partial charge in [-0.05, 0) is 6.08 Å². The first-order chi connectivity index (χ1) is 6.88. The fourth-order valence-corrected chi connectivity index (χ4v) is 1.29. The van der Waals surface area contributed by atoms with Crippen molar-refractivity contribution in [1.29, 1.82) is 0 Å². The van der Waals surface area contributed by atoms with Crippen LogP contribution in [0.1, 0.15) is 6.42 Å². The molecule has 74 valence electrons. The van der Waals surface area contributed by atoms with Crippen molar-refractivity contribution in [3.63, 3.8) is 0 Å². The molecule has 14 heavy (non-hydrogen) atoms. The van der Waals surface area contributed by atoms with Crippen LogP contribution in [0.4, 0.5) is 0 Å². The molecule has 1 aliphatic rings. The molecule has 0 aromatic rings. The van der Waals surface area contributed by atoms with Gasteiger partial charge in [0, 0.05) is 25.7 Å². The summed E-state index contributed by atoms with van der Waals surface area (Å²) < 4.78 is 0. The first kappa shape index (κ1) is 10.5. The maximum absolute atomic E-state index is 4.36. The minimum absolute atomic E-state index is 0.812. The molecule has 0 bridgehead atoms. The molecule has 0 saturated carbocycles.